The Balaban J connectivity index is 1.50. The van der Waals surface area contributed by atoms with E-state index in [4.69, 9.17) is 5.26 Å². The SMILES string of the molecule is Cc1nc(N[C@H]2C[C@H]3CC(=O)N(CC#N)C[C@H]3C2)c2cc[nH]c2n1. The summed E-state index contributed by atoms with van der Waals surface area (Å²) in [5.74, 6) is 2.60. The van der Waals surface area contributed by atoms with Crippen LogP contribution in [0.2, 0.25) is 0 Å². The first-order valence-electron chi connectivity index (χ1n) is 8.37. The van der Waals surface area contributed by atoms with Crippen molar-refractivity contribution in [2.45, 2.75) is 32.2 Å². The number of H-pyrrole nitrogens is 1. The van der Waals surface area contributed by atoms with Gasteiger partial charge in [-0.3, -0.25) is 4.79 Å². The number of carbonyl (C=O) groups excluding carboxylic acids is 1. The molecule has 24 heavy (non-hydrogen) atoms. The first-order chi connectivity index (χ1) is 11.6. The van der Waals surface area contributed by atoms with Crippen molar-refractivity contribution < 1.29 is 4.79 Å². The maximum atomic E-state index is 12.1. The summed E-state index contributed by atoms with van der Waals surface area (Å²) >= 11 is 0. The number of aryl methyl sites for hydroxylation is 1. The van der Waals surface area contributed by atoms with Gasteiger partial charge in [-0.25, -0.2) is 9.97 Å². The molecule has 0 aromatic carbocycles. The summed E-state index contributed by atoms with van der Waals surface area (Å²) < 4.78 is 0. The lowest BCUT2D eigenvalue weighted by Crippen LogP contribution is -2.42. The van der Waals surface area contributed by atoms with E-state index in [-0.39, 0.29) is 12.5 Å². The largest absolute Gasteiger partial charge is 0.367 e. The van der Waals surface area contributed by atoms with Gasteiger partial charge < -0.3 is 15.2 Å². The van der Waals surface area contributed by atoms with Gasteiger partial charge in [-0.2, -0.15) is 5.26 Å². The predicted molar refractivity (Wildman–Crippen MR) is 89.1 cm³/mol. The number of piperidine rings is 1. The van der Waals surface area contributed by atoms with Gasteiger partial charge in [-0.1, -0.05) is 0 Å². The van der Waals surface area contributed by atoms with E-state index in [1.54, 1.807) is 4.90 Å². The van der Waals surface area contributed by atoms with Crippen molar-refractivity contribution in [2.75, 3.05) is 18.4 Å². The van der Waals surface area contributed by atoms with Gasteiger partial charge in [0.05, 0.1) is 11.5 Å². The molecule has 3 heterocycles. The highest BCUT2D eigenvalue weighted by Crippen LogP contribution is 2.40. The van der Waals surface area contributed by atoms with Crippen LogP contribution < -0.4 is 5.32 Å². The molecule has 1 amide bonds. The molecule has 0 bridgehead atoms. The number of nitriles is 1. The molecule has 3 atom stereocenters. The Morgan fingerprint density at radius 3 is 3.08 bits per heavy atom. The van der Waals surface area contributed by atoms with Crippen molar-refractivity contribution >= 4 is 22.8 Å². The van der Waals surface area contributed by atoms with E-state index >= 15 is 0 Å². The molecule has 1 saturated carbocycles. The Labute approximate surface area is 140 Å². The number of hydrogen-bond donors (Lipinski definition) is 2. The Hall–Kier alpha value is -2.62. The molecule has 2 aliphatic rings. The molecule has 4 rings (SSSR count). The molecule has 2 aromatic heterocycles. The van der Waals surface area contributed by atoms with Crippen molar-refractivity contribution in [3.05, 3.63) is 18.1 Å². The van der Waals surface area contributed by atoms with Crippen LogP contribution in [0.4, 0.5) is 5.82 Å². The van der Waals surface area contributed by atoms with Gasteiger partial charge in [0, 0.05) is 25.2 Å². The van der Waals surface area contributed by atoms with Crippen molar-refractivity contribution in [3.63, 3.8) is 0 Å². The standard InChI is InChI=1S/C17H20N6O/c1-10-20-16-14(2-4-19-16)17(21-10)22-13-6-11-8-15(24)23(5-3-18)9-12(11)7-13/h2,4,11-13H,5-9H2,1H3,(H2,19,20,21,22)/t11-,12+,13-/m0/s1. The fourth-order valence-electron chi connectivity index (χ4n) is 4.14. The van der Waals surface area contributed by atoms with Crippen molar-refractivity contribution in [2.24, 2.45) is 11.8 Å². The topological polar surface area (TPSA) is 97.7 Å². The monoisotopic (exact) mass is 324 g/mol. The molecule has 1 saturated heterocycles. The Kier molecular flexibility index (Phi) is 3.60. The van der Waals surface area contributed by atoms with Crippen LogP contribution in [0.1, 0.15) is 25.1 Å². The van der Waals surface area contributed by atoms with Crippen molar-refractivity contribution in [3.8, 4) is 6.07 Å². The zero-order valence-corrected chi connectivity index (χ0v) is 13.6. The number of hydrogen-bond acceptors (Lipinski definition) is 5. The lowest BCUT2D eigenvalue weighted by atomic mass is 9.88. The number of nitrogens with one attached hydrogen (secondary N) is 2. The normalized spacial score (nSPS) is 26.4. The second-order valence-electron chi connectivity index (χ2n) is 6.83. The predicted octanol–water partition coefficient (Wildman–Crippen LogP) is 1.83. The van der Waals surface area contributed by atoms with Crippen LogP contribution >= 0.6 is 0 Å². The van der Waals surface area contributed by atoms with Crippen molar-refractivity contribution in [1.82, 2.24) is 19.9 Å². The summed E-state index contributed by atoms with van der Waals surface area (Å²) in [6.45, 7) is 2.80. The summed E-state index contributed by atoms with van der Waals surface area (Å²) in [6.07, 6.45) is 4.42. The molecular formula is C17H20N6O. The molecule has 2 fully saturated rings. The van der Waals surface area contributed by atoms with Crippen LogP contribution in [0.3, 0.4) is 0 Å². The fourth-order valence-corrected chi connectivity index (χ4v) is 4.14. The minimum absolute atomic E-state index is 0.115. The maximum absolute atomic E-state index is 12.1. The van der Waals surface area contributed by atoms with Crippen LogP contribution in [0.25, 0.3) is 11.0 Å². The highest BCUT2D eigenvalue weighted by atomic mass is 16.2. The number of aromatic amines is 1. The summed E-state index contributed by atoms with van der Waals surface area (Å²) in [7, 11) is 0. The summed E-state index contributed by atoms with van der Waals surface area (Å²) in [6, 6.07) is 4.38. The third kappa shape index (κ3) is 2.58. The molecule has 2 N–H and O–H groups in total. The minimum Gasteiger partial charge on any atom is -0.367 e. The highest BCUT2D eigenvalue weighted by Gasteiger charge is 2.41. The van der Waals surface area contributed by atoms with E-state index in [1.807, 2.05) is 19.2 Å². The van der Waals surface area contributed by atoms with Gasteiger partial charge in [0.1, 0.15) is 23.8 Å². The number of aromatic nitrogens is 3. The second-order valence-corrected chi connectivity index (χ2v) is 6.83. The van der Waals surface area contributed by atoms with E-state index in [0.717, 1.165) is 35.5 Å². The van der Waals surface area contributed by atoms with E-state index in [9.17, 15) is 4.79 Å². The average molecular weight is 324 g/mol. The first kappa shape index (κ1) is 14.9. The van der Waals surface area contributed by atoms with Crippen LogP contribution in [-0.2, 0) is 4.79 Å². The van der Waals surface area contributed by atoms with Gasteiger partial charge in [-0.05, 0) is 37.7 Å². The molecule has 7 heteroatoms. The summed E-state index contributed by atoms with van der Waals surface area (Å²) in [5.41, 5.74) is 0.843. The zero-order chi connectivity index (χ0) is 16.7. The molecular weight excluding hydrogens is 304 g/mol. The number of anilines is 1. The lowest BCUT2D eigenvalue weighted by molar-refractivity contribution is -0.135. The first-order valence-corrected chi connectivity index (χ1v) is 8.37. The second kappa shape index (κ2) is 5.78. The smallest absolute Gasteiger partial charge is 0.223 e. The minimum atomic E-state index is 0.115. The number of nitrogens with zero attached hydrogens (tertiary/aromatic N) is 4. The van der Waals surface area contributed by atoms with Crippen LogP contribution in [-0.4, -0.2) is 44.9 Å². The molecule has 2 aromatic rings. The van der Waals surface area contributed by atoms with Gasteiger partial charge in [0.25, 0.3) is 0 Å². The average Bonchev–Trinajstić information content (AvgIpc) is 3.14. The quantitative estimate of drug-likeness (QED) is 0.839. The van der Waals surface area contributed by atoms with Gasteiger partial charge in [0.2, 0.25) is 5.91 Å². The van der Waals surface area contributed by atoms with E-state index < -0.39 is 0 Å². The van der Waals surface area contributed by atoms with E-state index in [0.29, 0.717) is 30.8 Å². The summed E-state index contributed by atoms with van der Waals surface area (Å²) in [4.78, 5) is 25.9. The Morgan fingerprint density at radius 1 is 1.42 bits per heavy atom. The number of carbonyl (C=O) groups is 1. The third-order valence-electron chi connectivity index (χ3n) is 5.22. The molecule has 0 spiro atoms. The molecule has 0 unspecified atom stereocenters. The zero-order valence-electron chi connectivity index (χ0n) is 13.6. The maximum Gasteiger partial charge on any atom is 0.223 e. The van der Waals surface area contributed by atoms with Crippen LogP contribution in [0.5, 0.6) is 0 Å². The van der Waals surface area contributed by atoms with E-state index in [2.05, 4.69) is 26.3 Å². The number of fused-ring (bicyclic) bond motifs is 2. The van der Waals surface area contributed by atoms with Crippen molar-refractivity contribution in [1.29, 1.82) is 5.26 Å². The lowest BCUT2D eigenvalue weighted by Gasteiger charge is -2.33. The van der Waals surface area contributed by atoms with Gasteiger partial charge in [0.15, 0.2) is 0 Å². The summed E-state index contributed by atoms with van der Waals surface area (Å²) in [5, 5.41) is 13.4. The molecule has 7 nitrogen and oxygen atoms in total. The Morgan fingerprint density at radius 2 is 2.25 bits per heavy atom. The number of rotatable bonds is 3. The fraction of sp³-hybridized carbons (Fsp3) is 0.529. The third-order valence-corrected chi connectivity index (χ3v) is 5.22. The van der Waals surface area contributed by atoms with Crippen LogP contribution in [0, 0.1) is 30.1 Å². The molecule has 124 valence electrons. The van der Waals surface area contributed by atoms with Crippen LogP contribution in [0.15, 0.2) is 12.3 Å². The molecule has 1 aliphatic carbocycles. The van der Waals surface area contributed by atoms with Gasteiger partial charge >= 0.3 is 0 Å². The molecule has 1 aliphatic heterocycles. The highest BCUT2D eigenvalue weighted by molar-refractivity contribution is 5.87. The molecule has 0 radical (unpaired) electrons. The Bertz CT molecular complexity index is 822. The number of likely N-dealkylation sites (tertiary alicyclic amines) is 1. The van der Waals surface area contributed by atoms with E-state index in [1.165, 1.54) is 0 Å². The van der Waals surface area contributed by atoms with Gasteiger partial charge in [-0.15, -0.1) is 0 Å². The number of amides is 1.